The van der Waals surface area contributed by atoms with Crippen molar-refractivity contribution < 1.29 is 9.53 Å². The van der Waals surface area contributed by atoms with Gasteiger partial charge in [-0.15, -0.1) is 0 Å². The van der Waals surface area contributed by atoms with Crippen LogP contribution in [-0.4, -0.2) is 19.0 Å². The molecule has 0 heterocycles. The Morgan fingerprint density at radius 3 is 2.73 bits per heavy atom. The molecule has 1 amide bonds. The monoisotopic (exact) mass is 352 g/mol. The number of guanidine groups is 1. The lowest BCUT2D eigenvalue weighted by Crippen LogP contribution is -2.28. The molecule has 1 fully saturated rings. The van der Waals surface area contributed by atoms with Gasteiger partial charge in [-0.2, -0.15) is 0 Å². The zero-order chi connectivity index (χ0) is 18.4. The molecular formula is C20H24N4O2. The molecule has 3 rings (SSSR count). The van der Waals surface area contributed by atoms with Crippen molar-refractivity contribution in [3.8, 4) is 5.75 Å². The van der Waals surface area contributed by atoms with E-state index in [1.54, 1.807) is 7.11 Å². The van der Waals surface area contributed by atoms with Gasteiger partial charge in [0.1, 0.15) is 5.75 Å². The maximum atomic E-state index is 12.1. The van der Waals surface area contributed by atoms with Crippen LogP contribution in [-0.2, 0) is 11.3 Å². The summed E-state index contributed by atoms with van der Waals surface area (Å²) in [6, 6.07) is 15.2. The number of methoxy groups -OCH3 is 1. The van der Waals surface area contributed by atoms with E-state index < -0.39 is 0 Å². The highest BCUT2D eigenvalue weighted by Gasteiger charge is 2.25. The van der Waals surface area contributed by atoms with E-state index in [0.29, 0.717) is 18.3 Å². The van der Waals surface area contributed by atoms with Crippen molar-refractivity contribution in [3.63, 3.8) is 0 Å². The lowest BCUT2D eigenvalue weighted by atomic mass is 9.85. The number of benzene rings is 2. The fourth-order valence-electron chi connectivity index (χ4n) is 2.76. The fraction of sp³-hybridized carbons (Fsp3) is 0.300. The van der Waals surface area contributed by atoms with Gasteiger partial charge >= 0.3 is 0 Å². The molecule has 26 heavy (non-hydrogen) atoms. The lowest BCUT2D eigenvalue weighted by Gasteiger charge is -2.24. The van der Waals surface area contributed by atoms with Crippen molar-refractivity contribution in [1.29, 1.82) is 0 Å². The predicted molar refractivity (Wildman–Crippen MR) is 104 cm³/mol. The number of carbonyl (C=O) groups excluding carboxylic acids is 1. The first-order chi connectivity index (χ1) is 12.7. The minimum atomic E-state index is 0.106. The van der Waals surface area contributed by atoms with Crippen LogP contribution < -0.4 is 21.1 Å². The third-order valence-electron chi connectivity index (χ3n) is 4.47. The number of rotatable bonds is 6. The second-order valence-electron chi connectivity index (χ2n) is 6.34. The summed E-state index contributed by atoms with van der Waals surface area (Å²) in [6.07, 6.45) is 3.12. The Kier molecular flexibility index (Phi) is 5.73. The van der Waals surface area contributed by atoms with Crippen molar-refractivity contribution in [3.05, 3.63) is 54.1 Å². The van der Waals surface area contributed by atoms with Gasteiger partial charge in [0.25, 0.3) is 0 Å². The third kappa shape index (κ3) is 4.53. The van der Waals surface area contributed by atoms with Gasteiger partial charge in [0, 0.05) is 11.6 Å². The van der Waals surface area contributed by atoms with Crippen molar-refractivity contribution in [1.82, 2.24) is 0 Å². The number of aliphatic imine (C=N–C) groups is 1. The smallest absolute Gasteiger partial charge is 0.227 e. The normalized spacial score (nSPS) is 14.4. The van der Waals surface area contributed by atoms with Gasteiger partial charge < -0.3 is 21.1 Å². The quantitative estimate of drug-likeness (QED) is 0.549. The fourth-order valence-corrected chi connectivity index (χ4v) is 2.76. The molecule has 0 aliphatic heterocycles. The molecule has 1 saturated carbocycles. The van der Waals surface area contributed by atoms with E-state index in [1.807, 2.05) is 48.5 Å². The highest BCUT2D eigenvalue weighted by molar-refractivity contribution is 5.94. The molecule has 0 radical (unpaired) electrons. The van der Waals surface area contributed by atoms with E-state index in [9.17, 15) is 4.79 Å². The van der Waals surface area contributed by atoms with Crippen LogP contribution in [0.25, 0.3) is 0 Å². The molecule has 0 atom stereocenters. The number of nitrogens with two attached hydrogens (primary N) is 1. The topological polar surface area (TPSA) is 88.7 Å². The van der Waals surface area contributed by atoms with Gasteiger partial charge in [0.2, 0.25) is 5.91 Å². The van der Waals surface area contributed by atoms with Crippen LogP contribution in [0.3, 0.4) is 0 Å². The number of nitrogens with one attached hydrogen (secondary N) is 2. The number of hydrogen-bond acceptors (Lipinski definition) is 3. The van der Waals surface area contributed by atoms with Crippen LogP contribution in [0.2, 0.25) is 0 Å². The maximum Gasteiger partial charge on any atom is 0.227 e. The molecule has 136 valence electrons. The molecule has 6 nitrogen and oxygen atoms in total. The number of para-hydroxylation sites is 2. The largest absolute Gasteiger partial charge is 0.495 e. The van der Waals surface area contributed by atoms with Crippen molar-refractivity contribution in [2.24, 2.45) is 16.6 Å². The number of amides is 1. The summed E-state index contributed by atoms with van der Waals surface area (Å²) >= 11 is 0. The molecule has 0 bridgehead atoms. The van der Waals surface area contributed by atoms with Gasteiger partial charge in [-0.3, -0.25) is 4.79 Å². The Bertz CT molecular complexity index is 800. The zero-order valence-corrected chi connectivity index (χ0v) is 14.9. The Balaban J connectivity index is 1.60. The van der Waals surface area contributed by atoms with E-state index in [0.717, 1.165) is 36.2 Å². The number of nitrogens with zero attached hydrogens (tertiary/aromatic N) is 1. The lowest BCUT2D eigenvalue weighted by molar-refractivity contribution is -0.122. The molecular weight excluding hydrogens is 328 g/mol. The average Bonchev–Trinajstić information content (AvgIpc) is 2.59. The number of ether oxygens (including phenoxy) is 1. The molecule has 2 aromatic carbocycles. The predicted octanol–water partition coefficient (Wildman–Crippen LogP) is 3.36. The SMILES string of the molecule is COc1ccccc1NC(N)=NCc1cccc(NC(=O)C2CCC2)c1. The highest BCUT2D eigenvalue weighted by Crippen LogP contribution is 2.27. The van der Waals surface area contributed by atoms with Crippen molar-refractivity contribution in [2.75, 3.05) is 17.7 Å². The van der Waals surface area contributed by atoms with Gasteiger partial charge in [0.05, 0.1) is 19.3 Å². The first-order valence-electron chi connectivity index (χ1n) is 8.75. The van der Waals surface area contributed by atoms with Crippen molar-refractivity contribution >= 4 is 23.2 Å². The highest BCUT2D eigenvalue weighted by atomic mass is 16.5. The van der Waals surface area contributed by atoms with E-state index >= 15 is 0 Å². The van der Waals surface area contributed by atoms with Crippen LogP contribution in [0.4, 0.5) is 11.4 Å². The third-order valence-corrected chi connectivity index (χ3v) is 4.47. The maximum absolute atomic E-state index is 12.1. The molecule has 0 spiro atoms. The van der Waals surface area contributed by atoms with E-state index in [2.05, 4.69) is 15.6 Å². The Morgan fingerprint density at radius 1 is 1.19 bits per heavy atom. The molecule has 0 unspecified atom stereocenters. The molecule has 2 aromatic rings. The minimum absolute atomic E-state index is 0.106. The van der Waals surface area contributed by atoms with E-state index in [4.69, 9.17) is 10.5 Å². The first kappa shape index (κ1) is 17.8. The molecule has 1 aliphatic carbocycles. The molecule has 4 N–H and O–H groups in total. The van der Waals surface area contributed by atoms with Gasteiger partial charge in [-0.25, -0.2) is 4.99 Å². The van der Waals surface area contributed by atoms with Crippen LogP contribution in [0.1, 0.15) is 24.8 Å². The summed E-state index contributed by atoms with van der Waals surface area (Å²) in [6.45, 7) is 0.418. The van der Waals surface area contributed by atoms with Crippen molar-refractivity contribution in [2.45, 2.75) is 25.8 Å². The molecule has 0 aromatic heterocycles. The van der Waals surface area contributed by atoms with Crippen LogP contribution in [0, 0.1) is 5.92 Å². The zero-order valence-electron chi connectivity index (χ0n) is 14.9. The average molecular weight is 352 g/mol. The van der Waals surface area contributed by atoms with E-state index in [-0.39, 0.29) is 11.8 Å². The molecule has 0 saturated heterocycles. The number of carbonyl (C=O) groups is 1. The second kappa shape index (κ2) is 8.38. The number of hydrogen-bond donors (Lipinski definition) is 3. The molecule has 6 heteroatoms. The Hall–Kier alpha value is -3.02. The van der Waals surface area contributed by atoms with E-state index in [1.165, 1.54) is 0 Å². The summed E-state index contributed by atoms with van der Waals surface area (Å²) in [5, 5.41) is 6.02. The second-order valence-corrected chi connectivity index (χ2v) is 6.34. The standard InChI is InChI=1S/C20H24N4O2/c1-26-18-11-3-2-10-17(18)24-20(21)22-13-14-6-4-9-16(12-14)23-19(25)15-7-5-8-15/h2-4,6,9-12,15H,5,7-8,13H2,1H3,(H,23,25)(H3,21,22,24). The summed E-state index contributed by atoms with van der Waals surface area (Å²) in [4.78, 5) is 16.4. The first-order valence-corrected chi connectivity index (χ1v) is 8.75. The van der Waals surface area contributed by atoms with Crippen LogP contribution in [0.5, 0.6) is 5.75 Å². The Labute approximate surface area is 153 Å². The summed E-state index contributed by atoms with van der Waals surface area (Å²) < 4.78 is 5.28. The summed E-state index contributed by atoms with van der Waals surface area (Å²) in [7, 11) is 1.61. The van der Waals surface area contributed by atoms with Gasteiger partial charge in [-0.05, 0) is 42.7 Å². The van der Waals surface area contributed by atoms with Gasteiger partial charge in [-0.1, -0.05) is 30.7 Å². The summed E-state index contributed by atoms with van der Waals surface area (Å²) in [5.74, 6) is 1.27. The molecule has 1 aliphatic rings. The van der Waals surface area contributed by atoms with Gasteiger partial charge in [0.15, 0.2) is 5.96 Å². The van der Waals surface area contributed by atoms with Crippen LogP contribution >= 0.6 is 0 Å². The summed E-state index contributed by atoms with van der Waals surface area (Å²) in [5.41, 5.74) is 8.51. The number of anilines is 2. The van der Waals surface area contributed by atoms with Crippen LogP contribution in [0.15, 0.2) is 53.5 Å². The Morgan fingerprint density at radius 2 is 2.00 bits per heavy atom. The minimum Gasteiger partial charge on any atom is -0.495 e.